The molecule has 4 aromatic rings. The van der Waals surface area contributed by atoms with Crippen molar-refractivity contribution < 1.29 is 14.7 Å². The molecule has 0 fully saturated rings. The molecular weight excluding hydrogens is 448 g/mol. The number of rotatable bonds is 7. The van der Waals surface area contributed by atoms with E-state index < -0.39 is 22.3 Å². The van der Waals surface area contributed by atoms with E-state index in [4.69, 9.17) is 5.73 Å². The minimum Gasteiger partial charge on any atom is -0.506 e. The fourth-order valence-electron chi connectivity index (χ4n) is 3.34. The van der Waals surface area contributed by atoms with E-state index in [2.05, 4.69) is 10.2 Å². The summed E-state index contributed by atoms with van der Waals surface area (Å²) in [5, 5.41) is 18.3. The van der Waals surface area contributed by atoms with Gasteiger partial charge in [-0.3, -0.25) is 19.0 Å². The molecule has 32 heavy (non-hydrogen) atoms. The SMILES string of the molecule is CC(=O)[C@@H](CC(=O)c1c(O)c2ccccc2n(-c2ccccc2)c1=O)Sc1nnc(N)s1. The van der Waals surface area contributed by atoms with Gasteiger partial charge in [-0.05, 0) is 31.2 Å². The molecule has 2 heterocycles. The van der Waals surface area contributed by atoms with Crippen molar-refractivity contribution in [3.8, 4) is 11.4 Å². The van der Waals surface area contributed by atoms with Crippen molar-refractivity contribution in [3.63, 3.8) is 0 Å². The number of para-hydroxylation sites is 2. The lowest BCUT2D eigenvalue weighted by molar-refractivity contribution is -0.116. The van der Waals surface area contributed by atoms with Crippen LogP contribution in [-0.4, -0.2) is 36.7 Å². The monoisotopic (exact) mass is 466 g/mol. The normalized spacial score (nSPS) is 12.0. The van der Waals surface area contributed by atoms with Crippen molar-refractivity contribution >= 4 is 50.7 Å². The Morgan fingerprint density at radius 2 is 1.81 bits per heavy atom. The number of benzene rings is 2. The number of fused-ring (bicyclic) bond motifs is 1. The largest absolute Gasteiger partial charge is 0.506 e. The molecule has 8 nitrogen and oxygen atoms in total. The first kappa shape index (κ1) is 21.7. The molecule has 162 valence electrons. The highest BCUT2D eigenvalue weighted by Crippen LogP contribution is 2.33. The fourth-order valence-corrected chi connectivity index (χ4v) is 5.21. The van der Waals surface area contributed by atoms with Gasteiger partial charge in [-0.25, -0.2) is 0 Å². The lowest BCUT2D eigenvalue weighted by atomic mass is 10.0. The summed E-state index contributed by atoms with van der Waals surface area (Å²) in [6.07, 6.45) is -0.282. The average Bonchev–Trinajstić information content (AvgIpc) is 3.19. The van der Waals surface area contributed by atoms with Crippen LogP contribution in [0, 0.1) is 0 Å². The van der Waals surface area contributed by atoms with Crippen LogP contribution in [0.5, 0.6) is 5.75 Å². The van der Waals surface area contributed by atoms with E-state index in [1.165, 1.54) is 11.5 Å². The van der Waals surface area contributed by atoms with Gasteiger partial charge in [-0.2, -0.15) is 0 Å². The molecular formula is C22H18N4O4S2. The second kappa shape index (κ2) is 8.93. The number of Topliss-reactive ketones (excluding diaryl/α,β-unsaturated/α-hetero) is 2. The lowest BCUT2D eigenvalue weighted by Crippen LogP contribution is -2.28. The quantitative estimate of drug-likeness (QED) is 0.313. The number of carbonyl (C=O) groups excluding carboxylic acids is 2. The molecule has 10 heteroatoms. The summed E-state index contributed by atoms with van der Waals surface area (Å²) >= 11 is 2.16. The van der Waals surface area contributed by atoms with Gasteiger partial charge in [-0.15, -0.1) is 10.2 Å². The van der Waals surface area contributed by atoms with Crippen LogP contribution in [0.3, 0.4) is 0 Å². The summed E-state index contributed by atoms with van der Waals surface area (Å²) in [5.41, 5.74) is 5.62. The predicted octanol–water partition coefficient (Wildman–Crippen LogP) is 3.45. The topological polar surface area (TPSA) is 128 Å². The van der Waals surface area contributed by atoms with Crippen LogP contribution in [0.4, 0.5) is 5.13 Å². The van der Waals surface area contributed by atoms with Gasteiger partial charge in [-0.1, -0.05) is 53.4 Å². The van der Waals surface area contributed by atoms with Crippen LogP contribution in [0.25, 0.3) is 16.6 Å². The molecule has 3 N–H and O–H groups in total. The molecule has 0 saturated carbocycles. The van der Waals surface area contributed by atoms with E-state index in [1.807, 2.05) is 6.07 Å². The minimum atomic E-state index is -0.801. The van der Waals surface area contributed by atoms with Crippen molar-refractivity contribution in [2.75, 3.05) is 5.73 Å². The third-order valence-electron chi connectivity index (χ3n) is 4.84. The Hall–Kier alpha value is -3.50. The van der Waals surface area contributed by atoms with Crippen molar-refractivity contribution in [3.05, 3.63) is 70.5 Å². The summed E-state index contributed by atoms with van der Waals surface area (Å²) < 4.78 is 1.84. The highest BCUT2D eigenvalue weighted by Gasteiger charge is 2.28. The highest BCUT2D eigenvalue weighted by molar-refractivity contribution is 8.02. The van der Waals surface area contributed by atoms with Gasteiger partial charge in [0, 0.05) is 17.5 Å². The zero-order chi connectivity index (χ0) is 22.8. The van der Waals surface area contributed by atoms with Crippen molar-refractivity contribution in [2.24, 2.45) is 0 Å². The summed E-state index contributed by atoms with van der Waals surface area (Å²) in [7, 11) is 0. The van der Waals surface area contributed by atoms with Gasteiger partial charge in [0.15, 0.2) is 10.1 Å². The Labute approximate surface area is 190 Å². The third kappa shape index (κ3) is 4.14. The number of thioether (sulfide) groups is 1. The Morgan fingerprint density at radius 1 is 1.12 bits per heavy atom. The van der Waals surface area contributed by atoms with E-state index >= 15 is 0 Å². The third-order valence-corrected chi connectivity index (χ3v) is 6.99. The van der Waals surface area contributed by atoms with Crippen molar-refractivity contribution in [1.82, 2.24) is 14.8 Å². The molecule has 0 aliphatic rings. The fraction of sp³-hybridized carbons (Fsp3) is 0.136. The van der Waals surface area contributed by atoms with E-state index in [9.17, 15) is 19.5 Å². The van der Waals surface area contributed by atoms with Gasteiger partial charge in [0.25, 0.3) is 5.56 Å². The summed E-state index contributed by atoms with van der Waals surface area (Å²) in [6, 6.07) is 15.7. The number of nitrogen functional groups attached to an aromatic ring is 1. The maximum absolute atomic E-state index is 13.4. The summed E-state index contributed by atoms with van der Waals surface area (Å²) in [6.45, 7) is 1.36. The Balaban J connectivity index is 1.80. The molecule has 0 aliphatic heterocycles. The number of carbonyl (C=O) groups is 2. The van der Waals surface area contributed by atoms with Gasteiger partial charge in [0.05, 0.1) is 10.8 Å². The molecule has 2 aromatic heterocycles. The van der Waals surface area contributed by atoms with Crippen molar-refractivity contribution in [2.45, 2.75) is 22.9 Å². The van der Waals surface area contributed by atoms with Crippen LogP contribution in [0.15, 0.2) is 63.7 Å². The molecule has 0 aliphatic carbocycles. The molecule has 0 unspecified atom stereocenters. The second-order valence-electron chi connectivity index (χ2n) is 6.97. The van der Waals surface area contributed by atoms with E-state index in [-0.39, 0.29) is 22.9 Å². The smallest absolute Gasteiger partial charge is 0.270 e. The van der Waals surface area contributed by atoms with Crippen LogP contribution < -0.4 is 11.3 Å². The van der Waals surface area contributed by atoms with Crippen LogP contribution in [0.1, 0.15) is 23.7 Å². The maximum Gasteiger partial charge on any atom is 0.270 e. The second-order valence-corrected chi connectivity index (χ2v) is 9.43. The van der Waals surface area contributed by atoms with Crippen LogP contribution in [-0.2, 0) is 4.79 Å². The molecule has 0 saturated heterocycles. The molecule has 4 rings (SSSR count). The highest BCUT2D eigenvalue weighted by atomic mass is 32.2. The Kier molecular flexibility index (Phi) is 6.06. The van der Waals surface area contributed by atoms with Gasteiger partial charge in [0.2, 0.25) is 5.13 Å². The summed E-state index contributed by atoms with van der Waals surface area (Å²) in [5.74, 6) is -1.29. The first-order valence-corrected chi connectivity index (χ1v) is 11.3. The number of pyridine rings is 1. The van der Waals surface area contributed by atoms with Gasteiger partial charge >= 0.3 is 0 Å². The maximum atomic E-state index is 13.4. The van der Waals surface area contributed by atoms with Gasteiger partial charge < -0.3 is 10.8 Å². The number of ketones is 2. The number of aromatic nitrogens is 3. The lowest BCUT2D eigenvalue weighted by Gasteiger charge is -2.16. The first-order chi connectivity index (χ1) is 15.4. The zero-order valence-electron chi connectivity index (χ0n) is 16.9. The van der Waals surface area contributed by atoms with Gasteiger partial charge in [0.1, 0.15) is 17.1 Å². The van der Waals surface area contributed by atoms with Crippen LogP contribution in [0.2, 0.25) is 0 Å². The van der Waals surface area contributed by atoms with Crippen molar-refractivity contribution in [1.29, 1.82) is 0 Å². The minimum absolute atomic E-state index is 0.249. The van der Waals surface area contributed by atoms with E-state index in [0.29, 0.717) is 20.9 Å². The molecule has 1 atom stereocenters. The molecule has 0 radical (unpaired) electrons. The number of hydrogen-bond donors (Lipinski definition) is 2. The molecule has 0 spiro atoms. The number of aromatic hydroxyl groups is 1. The van der Waals surface area contributed by atoms with Crippen LogP contribution >= 0.6 is 23.1 Å². The number of nitrogens with two attached hydrogens (primary N) is 1. The first-order valence-electron chi connectivity index (χ1n) is 9.58. The van der Waals surface area contributed by atoms with E-state index in [0.717, 1.165) is 23.1 Å². The van der Waals surface area contributed by atoms with E-state index in [1.54, 1.807) is 48.5 Å². The Bertz CT molecular complexity index is 1380. The number of anilines is 1. The molecule has 0 amide bonds. The summed E-state index contributed by atoms with van der Waals surface area (Å²) in [4.78, 5) is 38.8. The molecule has 2 aromatic carbocycles. The number of hydrogen-bond acceptors (Lipinski definition) is 9. The number of nitrogens with zero attached hydrogens (tertiary/aromatic N) is 3. The Morgan fingerprint density at radius 3 is 2.47 bits per heavy atom. The zero-order valence-corrected chi connectivity index (χ0v) is 18.5. The predicted molar refractivity (Wildman–Crippen MR) is 125 cm³/mol. The standard InChI is InChI=1S/C22H18N4O4S2/c1-12(27)17(31-22-25-24-21(23)32-22)11-16(28)18-19(29)14-9-5-6-10-15(14)26(20(18)30)13-7-3-2-4-8-13/h2-10,17,29H,11H2,1H3,(H2,23,24)/t17-/m1/s1. The average molecular weight is 467 g/mol. The molecule has 0 bridgehead atoms.